The fourth-order valence-electron chi connectivity index (χ4n) is 3.11. The maximum atomic E-state index is 13.1. The van der Waals surface area contributed by atoms with Crippen LogP contribution in [0.3, 0.4) is 0 Å². The van der Waals surface area contributed by atoms with Crippen molar-refractivity contribution >= 4 is 23.9 Å². The van der Waals surface area contributed by atoms with Crippen molar-refractivity contribution in [3.8, 4) is 0 Å². The minimum Gasteiger partial charge on any atom is -0.306 e. The average molecular weight is 441 g/mol. The number of carbonyl (C=O) groups is 1. The van der Waals surface area contributed by atoms with Gasteiger partial charge in [-0.25, -0.2) is 8.42 Å². The maximum Gasteiger partial charge on any atom is 0.357 e. The van der Waals surface area contributed by atoms with Crippen LogP contribution in [0.1, 0.15) is 33.3 Å². The van der Waals surface area contributed by atoms with Gasteiger partial charge in [0.15, 0.2) is 0 Å². The van der Waals surface area contributed by atoms with E-state index >= 15 is 0 Å². The third-order valence-electron chi connectivity index (χ3n) is 4.87. The molecule has 9 heteroatoms. The highest BCUT2D eigenvalue weighted by atomic mass is 32.2. The van der Waals surface area contributed by atoms with Crippen molar-refractivity contribution in [1.29, 1.82) is 0 Å². The number of hydrogen-bond donors (Lipinski definition) is 0. The molecule has 0 N–H and O–H groups in total. The first kappa shape index (κ1) is 23.7. The molecular formula is C20H28NO6PS. The summed E-state index contributed by atoms with van der Waals surface area (Å²) in [5.41, 5.74) is 2.39. The summed E-state index contributed by atoms with van der Waals surface area (Å²) >= 11 is 0. The Kier molecular flexibility index (Phi) is 7.76. The van der Waals surface area contributed by atoms with Crippen LogP contribution in [0.5, 0.6) is 0 Å². The highest BCUT2D eigenvalue weighted by Crippen LogP contribution is 2.57. The lowest BCUT2D eigenvalue weighted by Crippen LogP contribution is -2.29. The van der Waals surface area contributed by atoms with E-state index in [9.17, 15) is 17.8 Å². The average Bonchev–Trinajstić information content (AvgIpc) is 3.13. The molecule has 160 valence electrons. The Labute approximate surface area is 173 Å². The Hall–Kier alpha value is -1.57. The van der Waals surface area contributed by atoms with Gasteiger partial charge in [0.2, 0.25) is 10.0 Å². The van der Waals surface area contributed by atoms with Crippen LogP contribution in [0.15, 0.2) is 51.2 Å². The number of carbonyl (C=O) groups excluding carboxylic acids is 1. The van der Waals surface area contributed by atoms with E-state index in [4.69, 9.17) is 9.05 Å². The molecular weight excluding hydrogens is 413 g/mol. The van der Waals surface area contributed by atoms with Crippen molar-refractivity contribution in [2.24, 2.45) is 0 Å². The lowest BCUT2D eigenvalue weighted by Gasteiger charge is -2.21. The molecule has 2 rings (SSSR count). The quantitative estimate of drug-likeness (QED) is 0.424. The summed E-state index contributed by atoms with van der Waals surface area (Å²) in [6, 6.07) is 6.56. The van der Waals surface area contributed by atoms with E-state index in [1.165, 1.54) is 4.31 Å². The first-order valence-electron chi connectivity index (χ1n) is 9.42. The summed E-state index contributed by atoms with van der Waals surface area (Å²) in [4.78, 5) is 11.8. The zero-order chi connectivity index (χ0) is 21.8. The van der Waals surface area contributed by atoms with Gasteiger partial charge in [0, 0.05) is 24.0 Å². The molecule has 1 aliphatic rings. The van der Waals surface area contributed by atoms with E-state index < -0.39 is 17.6 Å². The number of benzene rings is 1. The van der Waals surface area contributed by atoms with Crippen LogP contribution < -0.4 is 0 Å². The van der Waals surface area contributed by atoms with Gasteiger partial charge in [-0.3, -0.25) is 9.36 Å². The molecule has 0 unspecified atom stereocenters. The number of sulfonamides is 1. The molecule has 0 saturated heterocycles. The van der Waals surface area contributed by atoms with Crippen LogP contribution in [0.25, 0.3) is 0 Å². The monoisotopic (exact) mass is 441 g/mol. The number of aryl methyl sites for hydroxylation is 1. The zero-order valence-corrected chi connectivity index (χ0v) is 19.2. The molecule has 1 aromatic carbocycles. The van der Waals surface area contributed by atoms with Gasteiger partial charge in [0.05, 0.1) is 18.1 Å². The van der Waals surface area contributed by atoms with Crippen LogP contribution in [0.2, 0.25) is 0 Å². The largest absolute Gasteiger partial charge is 0.357 e. The van der Waals surface area contributed by atoms with E-state index in [1.54, 1.807) is 52.0 Å². The van der Waals surface area contributed by atoms with E-state index in [-0.39, 0.29) is 31.2 Å². The molecule has 29 heavy (non-hydrogen) atoms. The van der Waals surface area contributed by atoms with Crippen molar-refractivity contribution in [2.45, 2.75) is 39.5 Å². The van der Waals surface area contributed by atoms with Gasteiger partial charge in [-0.05, 0) is 57.9 Å². The molecule has 7 nitrogen and oxygen atoms in total. The van der Waals surface area contributed by atoms with Crippen molar-refractivity contribution in [3.05, 3.63) is 51.9 Å². The Morgan fingerprint density at radius 2 is 1.66 bits per heavy atom. The molecule has 0 aromatic heterocycles. The summed E-state index contributed by atoms with van der Waals surface area (Å²) in [6.45, 7) is 9.05. The molecule has 0 atom stereocenters. The van der Waals surface area contributed by atoms with Gasteiger partial charge >= 0.3 is 7.60 Å². The summed E-state index contributed by atoms with van der Waals surface area (Å²) in [5.74, 6) is 0. The first-order valence-corrected chi connectivity index (χ1v) is 12.4. The highest BCUT2D eigenvalue weighted by molar-refractivity contribution is 7.89. The Balaban J connectivity index is 2.42. The summed E-state index contributed by atoms with van der Waals surface area (Å²) in [7, 11) is -7.29. The first-order chi connectivity index (χ1) is 13.6. The van der Waals surface area contributed by atoms with Crippen molar-refractivity contribution in [1.82, 2.24) is 4.31 Å². The van der Waals surface area contributed by atoms with Crippen molar-refractivity contribution < 1.29 is 26.8 Å². The zero-order valence-electron chi connectivity index (χ0n) is 17.5. The predicted molar refractivity (Wildman–Crippen MR) is 112 cm³/mol. The molecule has 1 heterocycles. The molecule has 1 aromatic rings. The predicted octanol–water partition coefficient (Wildman–Crippen LogP) is 4.05. The number of hydrogen-bond acceptors (Lipinski definition) is 6. The Morgan fingerprint density at radius 3 is 2.14 bits per heavy atom. The number of nitrogens with zero attached hydrogens (tertiary/aromatic N) is 1. The van der Waals surface area contributed by atoms with Gasteiger partial charge in [-0.1, -0.05) is 17.7 Å². The van der Waals surface area contributed by atoms with Crippen LogP contribution in [0.4, 0.5) is 0 Å². The van der Waals surface area contributed by atoms with Gasteiger partial charge in [-0.2, -0.15) is 4.31 Å². The number of rotatable bonds is 9. The van der Waals surface area contributed by atoms with Crippen LogP contribution in [-0.2, 0) is 28.4 Å². The Morgan fingerprint density at radius 1 is 1.10 bits per heavy atom. The second kappa shape index (κ2) is 9.49. The van der Waals surface area contributed by atoms with Gasteiger partial charge in [0.1, 0.15) is 6.29 Å². The molecule has 0 bridgehead atoms. The minimum absolute atomic E-state index is 0.0196. The standard InChI is InChI=1S/C20H28NO6PS/c1-6-26-28(23,27-7-2)17(5)16(4)20-13-21(12-18(20)14-22)29(24,25)19-10-8-15(3)9-11-19/h8-11,14H,6-7,12-13H2,1-5H3/b17-16+. The van der Waals surface area contributed by atoms with Gasteiger partial charge < -0.3 is 9.05 Å². The van der Waals surface area contributed by atoms with Crippen molar-refractivity contribution in [3.63, 3.8) is 0 Å². The summed E-state index contributed by atoms with van der Waals surface area (Å²) < 4.78 is 51.1. The van der Waals surface area contributed by atoms with Crippen LogP contribution >= 0.6 is 7.60 Å². The van der Waals surface area contributed by atoms with E-state index in [2.05, 4.69) is 0 Å². The van der Waals surface area contributed by atoms with E-state index in [0.29, 0.717) is 28.3 Å². The summed E-state index contributed by atoms with van der Waals surface area (Å²) in [6.07, 6.45) is 0.656. The molecule has 1 aliphatic heterocycles. The summed E-state index contributed by atoms with van der Waals surface area (Å²) in [5, 5.41) is 0.380. The van der Waals surface area contributed by atoms with Gasteiger partial charge in [-0.15, -0.1) is 0 Å². The number of aldehydes is 1. The fraction of sp³-hybridized carbons (Fsp3) is 0.450. The van der Waals surface area contributed by atoms with Crippen LogP contribution in [0, 0.1) is 6.92 Å². The van der Waals surface area contributed by atoms with Gasteiger partial charge in [0.25, 0.3) is 0 Å². The lowest BCUT2D eigenvalue weighted by atomic mass is 10.0. The minimum atomic E-state index is -3.77. The smallest absolute Gasteiger partial charge is 0.306 e. The van der Waals surface area contributed by atoms with E-state index in [1.807, 2.05) is 6.92 Å². The second-order valence-corrected chi connectivity index (χ2v) is 10.9. The third kappa shape index (κ3) is 4.95. The topological polar surface area (TPSA) is 90.0 Å². The van der Waals surface area contributed by atoms with Crippen LogP contribution in [-0.4, -0.2) is 45.3 Å². The maximum absolute atomic E-state index is 13.1. The Bertz CT molecular complexity index is 969. The normalized spacial score (nSPS) is 16.9. The SMILES string of the molecule is CCOP(=O)(OCC)/C(C)=C(\C)C1=C(C=O)CN(S(=O)(=O)c2ccc(C)cc2)C1. The molecule has 0 amide bonds. The molecule has 0 radical (unpaired) electrons. The molecule has 0 spiro atoms. The third-order valence-corrected chi connectivity index (χ3v) is 9.03. The second-order valence-electron chi connectivity index (χ2n) is 6.75. The lowest BCUT2D eigenvalue weighted by molar-refractivity contribution is -0.105. The molecule has 0 aliphatic carbocycles. The van der Waals surface area contributed by atoms with E-state index in [0.717, 1.165) is 5.56 Å². The van der Waals surface area contributed by atoms with Crippen molar-refractivity contribution in [2.75, 3.05) is 26.3 Å². The number of allylic oxidation sites excluding steroid dienone is 1. The fourth-order valence-corrected chi connectivity index (χ4v) is 6.18. The highest BCUT2D eigenvalue weighted by Gasteiger charge is 2.35. The molecule has 0 fully saturated rings. The molecule has 0 saturated carbocycles.